The largest absolute Gasteiger partial charge is 0.448 e. The van der Waals surface area contributed by atoms with Crippen molar-refractivity contribution in [1.29, 1.82) is 0 Å². The number of nitrogens with zero attached hydrogens (tertiary/aromatic N) is 3. The number of carbonyl (C=O) groups is 1. The molecule has 132 valence electrons. The number of rotatable bonds is 4. The summed E-state index contributed by atoms with van der Waals surface area (Å²) >= 11 is 0. The van der Waals surface area contributed by atoms with Crippen molar-refractivity contribution in [2.24, 2.45) is 0 Å². The first-order valence-electron chi connectivity index (χ1n) is 9.23. The molecule has 0 radical (unpaired) electrons. The Labute approximate surface area is 148 Å². The molecule has 2 aliphatic heterocycles. The highest BCUT2D eigenvalue weighted by Gasteiger charge is 2.40. The fourth-order valence-corrected chi connectivity index (χ4v) is 4.39. The van der Waals surface area contributed by atoms with E-state index in [2.05, 4.69) is 40.2 Å². The highest BCUT2D eigenvalue weighted by atomic mass is 16.3. The van der Waals surface area contributed by atoms with Crippen molar-refractivity contribution in [1.82, 2.24) is 14.8 Å². The maximum absolute atomic E-state index is 12.9. The molecule has 0 unspecified atom stereocenters. The number of aromatic nitrogens is 1. The predicted molar refractivity (Wildman–Crippen MR) is 95.2 cm³/mol. The van der Waals surface area contributed by atoms with Gasteiger partial charge in [0.1, 0.15) is 5.76 Å². The Morgan fingerprint density at radius 1 is 1.16 bits per heavy atom. The lowest BCUT2D eigenvalue weighted by atomic mass is 10.0. The van der Waals surface area contributed by atoms with Gasteiger partial charge in [-0.2, -0.15) is 0 Å². The number of carbonyl (C=O) groups excluding carboxylic acids is 1. The van der Waals surface area contributed by atoms with Gasteiger partial charge in [-0.25, -0.2) is 4.98 Å². The lowest BCUT2D eigenvalue weighted by molar-refractivity contribution is 0.0632. The molecular weight excluding hydrogens is 314 g/mol. The van der Waals surface area contributed by atoms with Crippen molar-refractivity contribution in [3.8, 4) is 0 Å². The molecule has 0 spiro atoms. The second-order valence-corrected chi connectivity index (χ2v) is 7.13. The van der Waals surface area contributed by atoms with Crippen molar-refractivity contribution in [3.05, 3.63) is 53.7 Å². The van der Waals surface area contributed by atoms with E-state index >= 15 is 0 Å². The van der Waals surface area contributed by atoms with Crippen LogP contribution in [0.5, 0.6) is 0 Å². The molecule has 1 aromatic carbocycles. The van der Waals surface area contributed by atoms with E-state index in [0.717, 1.165) is 32.5 Å². The smallest absolute Gasteiger partial charge is 0.276 e. The molecule has 2 aliphatic rings. The van der Waals surface area contributed by atoms with Gasteiger partial charge in [0.25, 0.3) is 5.91 Å². The SMILES string of the molecule is Cc1ocnc1C(=O)N1CCC[C@@H]1[C@@H]1CCCN1Cc1ccccc1. The van der Waals surface area contributed by atoms with Crippen molar-refractivity contribution in [2.75, 3.05) is 13.1 Å². The first kappa shape index (κ1) is 16.3. The molecular formula is C20H25N3O2. The molecule has 0 bridgehead atoms. The Morgan fingerprint density at radius 2 is 1.92 bits per heavy atom. The van der Waals surface area contributed by atoms with Gasteiger partial charge >= 0.3 is 0 Å². The number of likely N-dealkylation sites (tertiary alicyclic amines) is 2. The van der Waals surface area contributed by atoms with Gasteiger partial charge in [0.05, 0.1) is 0 Å². The minimum Gasteiger partial charge on any atom is -0.448 e. The van der Waals surface area contributed by atoms with Crippen LogP contribution in [0.15, 0.2) is 41.1 Å². The highest BCUT2D eigenvalue weighted by Crippen LogP contribution is 2.32. The Morgan fingerprint density at radius 3 is 2.68 bits per heavy atom. The van der Waals surface area contributed by atoms with Crippen LogP contribution in [0, 0.1) is 6.92 Å². The van der Waals surface area contributed by atoms with Crippen LogP contribution in [0.25, 0.3) is 0 Å². The molecule has 0 saturated carbocycles. The van der Waals surface area contributed by atoms with Crippen molar-refractivity contribution in [3.63, 3.8) is 0 Å². The zero-order chi connectivity index (χ0) is 17.2. The molecule has 5 heteroatoms. The molecule has 2 atom stereocenters. The fourth-order valence-electron chi connectivity index (χ4n) is 4.39. The number of benzene rings is 1. The maximum Gasteiger partial charge on any atom is 0.276 e. The maximum atomic E-state index is 12.9. The van der Waals surface area contributed by atoms with Crippen LogP contribution in [0.4, 0.5) is 0 Å². The number of oxazole rings is 1. The van der Waals surface area contributed by atoms with E-state index in [1.165, 1.54) is 24.8 Å². The van der Waals surface area contributed by atoms with E-state index in [1.54, 1.807) is 0 Å². The van der Waals surface area contributed by atoms with E-state index in [0.29, 0.717) is 17.5 Å². The average molecular weight is 339 g/mol. The summed E-state index contributed by atoms with van der Waals surface area (Å²) in [5.74, 6) is 0.642. The third-order valence-corrected chi connectivity index (χ3v) is 5.59. The highest BCUT2D eigenvalue weighted by molar-refractivity contribution is 5.93. The summed E-state index contributed by atoms with van der Waals surface area (Å²) in [4.78, 5) is 21.7. The Balaban J connectivity index is 1.51. The van der Waals surface area contributed by atoms with E-state index in [4.69, 9.17) is 4.42 Å². The van der Waals surface area contributed by atoms with Gasteiger partial charge in [0.15, 0.2) is 12.1 Å². The van der Waals surface area contributed by atoms with E-state index in [-0.39, 0.29) is 11.9 Å². The second kappa shape index (κ2) is 7.00. The lowest BCUT2D eigenvalue weighted by Gasteiger charge is -2.35. The van der Waals surface area contributed by atoms with Crippen LogP contribution in [0.3, 0.4) is 0 Å². The van der Waals surface area contributed by atoms with Crippen LogP contribution in [0.2, 0.25) is 0 Å². The third kappa shape index (κ3) is 3.21. The summed E-state index contributed by atoms with van der Waals surface area (Å²) in [5.41, 5.74) is 1.82. The van der Waals surface area contributed by atoms with Gasteiger partial charge in [-0.05, 0) is 44.7 Å². The molecule has 0 N–H and O–H groups in total. The molecule has 2 saturated heterocycles. The van der Waals surface area contributed by atoms with Gasteiger partial charge in [-0.3, -0.25) is 9.69 Å². The topological polar surface area (TPSA) is 49.6 Å². The minimum atomic E-state index is 0.0281. The van der Waals surface area contributed by atoms with Crippen molar-refractivity contribution < 1.29 is 9.21 Å². The Bertz CT molecular complexity index is 728. The van der Waals surface area contributed by atoms with Crippen molar-refractivity contribution in [2.45, 2.75) is 51.2 Å². The summed E-state index contributed by atoms with van der Waals surface area (Å²) < 4.78 is 5.24. The summed E-state index contributed by atoms with van der Waals surface area (Å²) in [6.45, 7) is 4.71. The molecule has 1 amide bonds. The average Bonchev–Trinajstić information content (AvgIpc) is 3.35. The number of aryl methyl sites for hydroxylation is 1. The summed E-state index contributed by atoms with van der Waals surface area (Å²) in [6, 6.07) is 11.4. The van der Waals surface area contributed by atoms with Gasteiger partial charge in [-0.15, -0.1) is 0 Å². The van der Waals surface area contributed by atoms with Crippen LogP contribution in [0.1, 0.15) is 47.5 Å². The molecule has 25 heavy (non-hydrogen) atoms. The molecule has 2 fully saturated rings. The monoisotopic (exact) mass is 339 g/mol. The van der Waals surface area contributed by atoms with E-state index < -0.39 is 0 Å². The zero-order valence-corrected chi connectivity index (χ0v) is 14.7. The third-order valence-electron chi connectivity index (χ3n) is 5.59. The molecule has 1 aromatic heterocycles. The summed E-state index contributed by atoms with van der Waals surface area (Å²) in [7, 11) is 0. The summed E-state index contributed by atoms with van der Waals surface area (Å²) in [5, 5.41) is 0. The normalized spacial score (nSPS) is 24.1. The van der Waals surface area contributed by atoms with Gasteiger partial charge in [0, 0.05) is 25.2 Å². The molecule has 3 heterocycles. The molecule has 0 aliphatic carbocycles. The van der Waals surface area contributed by atoms with Crippen LogP contribution in [-0.2, 0) is 6.54 Å². The molecule has 5 nitrogen and oxygen atoms in total. The standard InChI is InChI=1S/C20H25N3O2/c1-15-19(21-14-25-15)20(24)23-12-6-10-18(23)17-9-5-11-22(17)13-16-7-3-2-4-8-16/h2-4,7-8,14,17-18H,5-6,9-13H2,1H3/t17-,18+/m0/s1. The fraction of sp³-hybridized carbons (Fsp3) is 0.500. The van der Waals surface area contributed by atoms with Crippen LogP contribution < -0.4 is 0 Å². The molecule has 4 rings (SSSR count). The Hall–Kier alpha value is -2.14. The van der Waals surface area contributed by atoms with E-state index in [9.17, 15) is 4.79 Å². The zero-order valence-electron chi connectivity index (χ0n) is 14.7. The first-order chi connectivity index (χ1) is 12.2. The van der Waals surface area contributed by atoms with E-state index in [1.807, 2.05) is 11.8 Å². The van der Waals surface area contributed by atoms with Gasteiger partial charge in [0.2, 0.25) is 0 Å². The lowest BCUT2D eigenvalue weighted by Crippen LogP contribution is -2.48. The number of hydrogen-bond donors (Lipinski definition) is 0. The second-order valence-electron chi connectivity index (χ2n) is 7.13. The first-order valence-corrected chi connectivity index (χ1v) is 9.23. The quantitative estimate of drug-likeness (QED) is 0.858. The molecule has 2 aromatic rings. The Kier molecular flexibility index (Phi) is 4.57. The number of amides is 1. The van der Waals surface area contributed by atoms with Crippen molar-refractivity contribution >= 4 is 5.91 Å². The van der Waals surface area contributed by atoms with Gasteiger partial charge < -0.3 is 9.32 Å². The summed E-state index contributed by atoms with van der Waals surface area (Å²) in [6.07, 6.45) is 5.89. The number of hydrogen-bond acceptors (Lipinski definition) is 4. The van der Waals surface area contributed by atoms with Crippen LogP contribution in [-0.4, -0.2) is 45.9 Å². The minimum absolute atomic E-state index is 0.0281. The van der Waals surface area contributed by atoms with Crippen LogP contribution >= 0.6 is 0 Å². The van der Waals surface area contributed by atoms with Gasteiger partial charge in [-0.1, -0.05) is 30.3 Å². The predicted octanol–water partition coefficient (Wildman–Crippen LogP) is 3.25.